The van der Waals surface area contributed by atoms with E-state index in [4.69, 9.17) is 0 Å². The number of benzene rings is 5. The van der Waals surface area contributed by atoms with Crippen molar-refractivity contribution in [3.05, 3.63) is 195 Å². The number of carbonyl (C=O) groups excluding carboxylic acids is 4. The second kappa shape index (κ2) is 18.2. The van der Waals surface area contributed by atoms with Crippen molar-refractivity contribution in [2.45, 2.75) is 0 Å². The molecule has 0 heterocycles. The Labute approximate surface area is 318 Å². The Balaban J connectivity index is 1.57. The summed E-state index contributed by atoms with van der Waals surface area (Å²) in [6.07, 6.45) is 5.45. The van der Waals surface area contributed by atoms with Crippen LogP contribution in [0.25, 0.3) is 0 Å². The number of hydrogen-bond acceptors (Lipinski definition) is 4. The van der Waals surface area contributed by atoms with Gasteiger partial charge >= 0.3 is 320 Å². The Kier molecular flexibility index (Phi) is 13.2. The van der Waals surface area contributed by atoms with E-state index >= 15 is 0 Å². The summed E-state index contributed by atoms with van der Waals surface area (Å²) < 4.78 is 6.99. The van der Waals surface area contributed by atoms with Crippen molar-refractivity contribution < 1.29 is 19.2 Å². The molecule has 0 radical (unpaired) electrons. The molecule has 5 aromatic carbocycles. The van der Waals surface area contributed by atoms with Gasteiger partial charge in [0.1, 0.15) is 0 Å². The van der Waals surface area contributed by atoms with Crippen molar-refractivity contribution in [1.82, 2.24) is 21.3 Å². The van der Waals surface area contributed by atoms with Gasteiger partial charge in [-0.05, 0) is 0 Å². The molecule has 258 valence electrons. The van der Waals surface area contributed by atoms with E-state index in [0.717, 1.165) is 14.0 Å². The zero-order valence-electron chi connectivity index (χ0n) is 28.2. The van der Waals surface area contributed by atoms with E-state index in [1.165, 1.54) is 31.8 Å². The van der Waals surface area contributed by atoms with Gasteiger partial charge in [-0.1, -0.05) is 0 Å². The van der Waals surface area contributed by atoms with Gasteiger partial charge in [0, 0.05) is 0 Å². The average molecular weight is 904 g/mol. The van der Waals surface area contributed by atoms with Crippen LogP contribution in [0.4, 0.5) is 0 Å². The summed E-state index contributed by atoms with van der Waals surface area (Å²) in [7, 11) is 0. The number of amides is 4. The van der Waals surface area contributed by atoms with Crippen LogP contribution in [0.3, 0.4) is 0 Å². The third-order valence-corrected chi connectivity index (χ3v) is 21.8. The Bertz CT molecular complexity index is 1830. The quantitative estimate of drug-likeness (QED) is 0.128. The first-order valence-corrected chi connectivity index (χ1v) is 23.7. The van der Waals surface area contributed by atoms with Crippen molar-refractivity contribution in [3.8, 4) is 0 Å². The first-order chi connectivity index (χ1) is 25.3. The Morgan fingerprint density at radius 1 is 0.327 bits per heavy atom. The molecule has 0 unspecified atom stereocenters. The molecule has 0 aliphatic carbocycles. The van der Waals surface area contributed by atoms with Crippen molar-refractivity contribution in [2.24, 2.45) is 0 Å². The predicted molar refractivity (Wildman–Crippen MR) is 212 cm³/mol. The minimum atomic E-state index is -2.68. The second-order valence-electron chi connectivity index (χ2n) is 11.1. The van der Waals surface area contributed by atoms with Gasteiger partial charge in [-0.2, -0.15) is 0 Å². The first-order valence-electron chi connectivity index (χ1n) is 16.1. The zero-order valence-corrected chi connectivity index (χ0v) is 33.3. The number of hydrogen-bond donors (Lipinski definition) is 4. The maximum atomic E-state index is 12.5. The van der Waals surface area contributed by atoms with Gasteiger partial charge in [0.2, 0.25) is 0 Å². The van der Waals surface area contributed by atoms with Crippen molar-refractivity contribution in [3.63, 3.8) is 0 Å². The molecule has 52 heavy (non-hydrogen) atoms. The Morgan fingerprint density at radius 3 is 0.635 bits per heavy atom. The monoisotopic (exact) mass is 902 g/mol. The van der Waals surface area contributed by atoms with Gasteiger partial charge in [-0.15, -0.1) is 0 Å². The first kappa shape index (κ1) is 37.8. The molecular weight excluding hydrogens is 868 g/mol. The fourth-order valence-electron chi connectivity index (χ4n) is 5.40. The molecule has 0 bridgehead atoms. The molecule has 5 rings (SSSR count). The van der Waals surface area contributed by atoms with E-state index in [0.29, 0.717) is 22.3 Å². The van der Waals surface area contributed by atoms with Gasteiger partial charge in [0.25, 0.3) is 0 Å². The van der Waals surface area contributed by atoms with Gasteiger partial charge in [-0.25, -0.2) is 0 Å². The molecule has 4 N–H and O–H groups in total. The molecule has 0 aromatic heterocycles. The Morgan fingerprint density at radius 2 is 0.481 bits per heavy atom. The molecule has 4 amide bonds. The summed E-state index contributed by atoms with van der Waals surface area (Å²) in [6.45, 7) is 14.3. The Hall–Kier alpha value is -5.42. The molecule has 0 aliphatic heterocycles. The summed E-state index contributed by atoms with van der Waals surface area (Å²) in [5, 5.41) is 10.5. The normalized spacial score (nSPS) is 10.5. The second-order valence-corrected chi connectivity index (χ2v) is 23.8. The molecule has 5 aromatic rings. The fraction of sp³-hybridized carbons (Fsp3) is 0. The van der Waals surface area contributed by atoms with Crippen LogP contribution in [0.15, 0.2) is 172 Å². The van der Waals surface area contributed by atoms with E-state index in [1.54, 1.807) is 0 Å². The topological polar surface area (TPSA) is 116 Å². The SMILES string of the molecule is C=CNC(=O)c1cc[c]([Sb]([c]2ccc(C(=O)NC=C)cc2)[c]2cc[c]([Sb]([c]3ccc(C(=O)NC=C)cc3)[c]3ccc(C(=O)NC=C)cc3)cc2)cc1. The fourth-order valence-corrected chi connectivity index (χ4v) is 18.2. The van der Waals surface area contributed by atoms with E-state index in [2.05, 4.69) is 71.8 Å². The molecule has 0 saturated carbocycles. The standard InChI is InChI=1S/4C9H8NO.C6H4.2Sb/c4*1-2-10-9(11)8-6-4-3-5-7-8;1-2-4-6-5-3-1;;/h4*2,4-7H,1H2,(H,10,11);1-2,5-6H;;. The predicted octanol–water partition coefficient (Wildman–Crippen LogP) is 2.21. The summed E-state index contributed by atoms with van der Waals surface area (Å²) in [6, 6.07) is 39.5. The molecule has 0 spiro atoms. The molecule has 0 atom stereocenters. The van der Waals surface area contributed by atoms with Gasteiger partial charge < -0.3 is 0 Å². The summed E-state index contributed by atoms with van der Waals surface area (Å²) in [4.78, 5) is 49.9. The van der Waals surface area contributed by atoms with Crippen LogP contribution < -0.4 is 42.3 Å². The molecule has 0 saturated heterocycles. The average Bonchev–Trinajstić information content (AvgIpc) is 3.17. The van der Waals surface area contributed by atoms with E-state index < -0.39 is 40.4 Å². The number of rotatable bonds is 14. The van der Waals surface area contributed by atoms with Crippen LogP contribution in [0, 0.1) is 0 Å². The number of nitrogens with one attached hydrogen (secondary N) is 4. The third-order valence-electron chi connectivity index (χ3n) is 7.85. The third kappa shape index (κ3) is 9.08. The van der Waals surface area contributed by atoms with Gasteiger partial charge in [0.05, 0.1) is 0 Å². The summed E-state index contributed by atoms with van der Waals surface area (Å²) in [5.41, 5.74) is 2.14. The van der Waals surface area contributed by atoms with Crippen LogP contribution >= 0.6 is 0 Å². The molecule has 8 nitrogen and oxygen atoms in total. The van der Waals surface area contributed by atoms with Gasteiger partial charge in [-0.3, -0.25) is 0 Å². The summed E-state index contributed by atoms with van der Waals surface area (Å²) >= 11 is -5.37. The number of carbonyl (C=O) groups is 4. The van der Waals surface area contributed by atoms with E-state index in [1.807, 2.05) is 97.1 Å². The van der Waals surface area contributed by atoms with E-state index in [9.17, 15) is 19.2 Å². The van der Waals surface area contributed by atoms with Crippen molar-refractivity contribution >= 4 is 85.1 Å². The summed E-state index contributed by atoms with van der Waals surface area (Å²) in [5.74, 6) is -0.913. The van der Waals surface area contributed by atoms with Crippen LogP contribution in [-0.2, 0) is 0 Å². The molecule has 0 fully saturated rings. The van der Waals surface area contributed by atoms with Crippen LogP contribution in [-0.4, -0.2) is 64.0 Å². The zero-order chi connectivity index (χ0) is 37.0. The molecule has 0 aliphatic rings. The van der Waals surface area contributed by atoms with Crippen LogP contribution in [0.1, 0.15) is 41.4 Å². The van der Waals surface area contributed by atoms with Crippen LogP contribution in [0.5, 0.6) is 0 Å². The van der Waals surface area contributed by atoms with Crippen molar-refractivity contribution in [1.29, 1.82) is 0 Å². The molecular formula is C42H36N4O4Sb2. The van der Waals surface area contributed by atoms with Crippen molar-refractivity contribution in [2.75, 3.05) is 0 Å². The van der Waals surface area contributed by atoms with E-state index in [-0.39, 0.29) is 23.6 Å². The molecule has 10 heteroatoms. The minimum absolute atomic E-state index is 0.228. The van der Waals surface area contributed by atoms with Crippen LogP contribution in [0.2, 0.25) is 0 Å². The maximum absolute atomic E-state index is 12.5. The van der Waals surface area contributed by atoms with Gasteiger partial charge in [0.15, 0.2) is 0 Å².